The molecule has 2 N–H and O–H groups in total. The fourth-order valence-corrected chi connectivity index (χ4v) is 8.88. The highest BCUT2D eigenvalue weighted by Crippen LogP contribution is 2.42. The van der Waals surface area contributed by atoms with Crippen LogP contribution in [-0.4, -0.2) is 76.1 Å². The molecule has 11 heteroatoms. The molecule has 0 bridgehead atoms. The number of ether oxygens (including phenoxy) is 4. The Hall–Kier alpha value is -3.41. The number of ketones is 2. The summed E-state index contributed by atoms with van der Waals surface area (Å²) in [7, 11) is 0. The maximum absolute atomic E-state index is 14.2. The number of carbonyl (C=O) groups excluding carboxylic acids is 4. The molecule has 0 aliphatic carbocycles. The Kier molecular flexibility index (Phi) is 12.2. The van der Waals surface area contributed by atoms with Crippen LogP contribution in [0.4, 0.5) is 4.79 Å². The lowest BCUT2D eigenvalue weighted by molar-refractivity contribution is -0.284. The third-order valence-electron chi connectivity index (χ3n) is 11.9. The monoisotopic (exact) mass is 722 g/mol. The molecule has 1 aromatic carbocycles. The molecule has 0 radical (unpaired) electrons. The second-order valence-corrected chi connectivity index (χ2v) is 16.7. The third-order valence-corrected chi connectivity index (χ3v) is 11.9. The molecule has 1 amide bonds. The SMILES string of the molecule is CC1CC(C)C(O)C(O[C@@H]2[C@@H](C)C(=O)[C@@H](C)C(=O)O[C@H](CCCCc3cnc4ccccc4c3)[C@@]3(C)OC(=O)N[C@@H]3[C@@H](C)C(=O)[C@H](C)CC2(C)C)O1. The number of pyridine rings is 1. The molecule has 4 unspecified atom stereocenters. The quantitative estimate of drug-likeness (QED) is 0.188. The second-order valence-electron chi connectivity index (χ2n) is 16.7. The number of rotatable bonds is 7. The number of nitrogens with zero attached hydrogens (tertiary/aromatic N) is 1. The Labute approximate surface area is 307 Å². The fourth-order valence-electron chi connectivity index (χ4n) is 8.88. The highest BCUT2D eigenvalue weighted by molar-refractivity contribution is 6.00. The fraction of sp³-hybridized carbons (Fsp3) is 0.683. The number of hydrogen-bond donors (Lipinski definition) is 2. The largest absolute Gasteiger partial charge is 0.457 e. The molecule has 3 aliphatic rings. The van der Waals surface area contributed by atoms with Gasteiger partial charge >= 0.3 is 12.1 Å². The van der Waals surface area contributed by atoms with Gasteiger partial charge in [-0.3, -0.25) is 19.4 Å². The molecule has 3 saturated heterocycles. The number of aliphatic hydroxyl groups is 1. The Morgan fingerprint density at radius 3 is 2.40 bits per heavy atom. The highest BCUT2D eigenvalue weighted by atomic mass is 16.7. The van der Waals surface area contributed by atoms with Gasteiger partial charge in [0.05, 0.1) is 23.8 Å². The lowest BCUT2D eigenvalue weighted by Crippen LogP contribution is -2.57. The Balaban J connectivity index is 1.42. The summed E-state index contributed by atoms with van der Waals surface area (Å²) in [6, 6.07) is 9.27. The van der Waals surface area contributed by atoms with Crippen molar-refractivity contribution in [3.8, 4) is 0 Å². The van der Waals surface area contributed by atoms with Crippen LogP contribution < -0.4 is 5.32 Å². The molecule has 0 saturated carbocycles. The first-order valence-electron chi connectivity index (χ1n) is 19.0. The minimum atomic E-state index is -1.37. The minimum absolute atomic E-state index is 0.0871. The molecule has 3 aliphatic heterocycles. The molecule has 286 valence electrons. The van der Waals surface area contributed by atoms with E-state index in [1.807, 2.05) is 65.1 Å². The number of aliphatic hydroxyl groups excluding tert-OH is 1. The van der Waals surface area contributed by atoms with E-state index in [9.17, 15) is 24.3 Å². The van der Waals surface area contributed by atoms with Crippen molar-refractivity contribution < 1.29 is 43.2 Å². The molecular formula is C41H58N2O9. The molecule has 0 spiro atoms. The normalized spacial score (nSPS) is 37.5. The maximum Gasteiger partial charge on any atom is 0.408 e. The van der Waals surface area contributed by atoms with Crippen molar-refractivity contribution in [1.29, 1.82) is 0 Å². The van der Waals surface area contributed by atoms with Crippen molar-refractivity contribution in [3.63, 3.8) is 0 Å². The van der Waals surface area contributed by atoms with Gasteiger partial charge in [-0.25, -0.2) is 4.79 Å². The first-order chi connectivity index (χ1) is 24.4. The summed E-state index contributed by atoms with van der Waals surface area (Å²) in [6.45, 7) is 16.3. The van der Waals surface area contributed by atoms with Crippen molar-refractivity contribution in [1.82, 2.24) is 10.3 Å². The number of hydrogen-bond acceptors (Lipinski definition) is 10. The van der Waals surface area contributed by atoms with Crippen LogP contribution in [0.3, 0.4) is 0 Å². The van der Waals surface area contributed by atoms with E-state index in [2.05, 4.69) is 16.4 Å². The standard InChI is InChI=1S/C41H58N2O9/c1-22-18-24(3)49-38(33(22)45)51-36-26(5)34(46)27(6)37(47)50-31(17-13-10-14-28-19-29-15-11-12-16-30(29)42-21-28)41(9)35(43-39(48)52-41)25(4)32(44)23(2)20-40(36,7)8/h11-12,15-16,19,21-27,31,33,35-36,38,45H,10,13-14,17-18,20H2,1-9H3,(H,43,48)/t22?,23-,24?,25+,26+,27-,31-,33?,35-,36-,38?,41-/m1/s1. The zero-order chi connectivity index (χ0) is 38.1. The Bertz CT molecular complexity index is 1630. The molecule has 2 aromatic rings. The van der Waals surface area contributed by atoms with Crippen molar-refractivity contribution in [3.05, 3.63) is 42.1 Å². The molecule has 3 fully saturated rings. The number of carbonyl (C=O) groups is 4. The van der Waals surface area contributed by atoms with Crippen molar-refractivity contribution >= 4 is 34.5 Å². The smallest absolute Gasteiger partial charge is 0.408 e. The summed E-state index contributed by atoms with van der Waals surface area (Å²) in [6.07, 6.45) is 0.839. The van der Waals surface area contributed by atoms with Gasteiger partial charge in [0, 0.05) is 29.3 Å². The Morgan fingerprint density at radius 1 is 0.962 bits per heavy atom. The molecular weight excluding hydrogens is 664 g/mol. The number of aryl methyl sites for hydroxylation is 1. The van der Waals surface area contributed by atoms with Crippen molar-refractivity contribution in [2.24, 2.45) is 35.0 Å². The first kappa shape index (κ1) is 39.8. The predicted octanol–water partition coefficient (Wildman–Crippen LogP) is 6.36. The predicted molar refractivity (Wildman–Crippen MR) is 195 cm³/mol. The molecule has 1 aromatic heterocycles. The van der Waals surface area contributed by atoms with Crippen LogP contribution in [-0.2, 0) is 39.8 Å². The second kappa shape index (κ2) is 15.9. The van der Waals surface area contributed by atoms with Gasteiger partial charge < -0.3 is 29.4 Å². The number of cyclic esters (lactones) is 1. The van der Waals surface area contributed by atoms with Gasteiger partial charge in [-0.1, -0.05) is 59.7 Å². The maximum atomic E-state index is 14.2. The molecule has 4 heterocycles. The van der Waals surface area contributed by atoms with Crippen LogP contribution in [0.2, 0.25) is 0 Å². The van der Waals surface area contributed by atoms with Gasteiger partial charge in [-0.05, 0) is 88.3 Å². The zero-order valence-electron chi connectivity index (χ0n) is 32.2. The van der Waals surface area contributed by atoms with Gasteiger partial charge in [-0.15, -0.1) is 0 Å². The zero-order valence-corrected chi connectivity index (χ0v) is 32.2. The first-order valence-corrected chi connectivity index (χ1v) is 19.0. The van der Waals surface area contributed by atoms with E-state index in [1.165, 1.54) is 6.92 Å². The number of fused-ring (bicyclic) bond motifs is 2. The van der Waals surface area contributed by atoms with Gasteiger partial charge in [0.25, 0.3) is 0 Å². The number of Topliss-reactive ketones (excluding diaryl/α,β-unsaturated/α-hetero) is 2. The van der Waals surface area contributed by atoms with Gasteiger partial charge in [0.15, 0.2) is 17.7 Å². The molecule has 52 heavy (non-hydrogen) atoms. The van der Waals surface area contributed by atoms with E-state index in [0.29, 0.717) is 25.7 Å². The lowest BCUT2D eigenvalue weighted by atomic mass is 9.69. The molecule has 5 rings (SSSR count). The van der Waals surface area contributed by atoms with Gasteiger partial charge in [0.2, 0.25) is 0 Å². The van der Waals surface area contributed by atoms with E-state index in [0.717, 1.165) is 29.3 Å². The van der Waals surface area contributed by atoms with E-state index in [-0.39, 0.29) is 23.6 Å². The third kappa shape index (κ3) is 8.37. The topological polar surface area (TPSA) is 150 Å². The van der Waals surface area contributed by atoms with Crippen LogP contribution in [0.25, 0.3) is 10.9 Å². The summed E-state index contributed by atoms with van der Waals surface area (Å²) >= 11 is 0. The number of para-hydroxylation sites is 1. The number of benzene rings is 1. The number of unbranched alkanes of at least 4 members (excludes halogenated alkanes) is 1. The van der Waals surface area contributed by atoms with Crippen molar-refractivity contribution in [2.75, 3.05) is 0 Å². The van der Waals surface area contributed by atoms with Gasteiger partial charge in [-0.2, -0.15) is 0 Å². The van der Waals surface area contributed by atoms with E-state index >= 15 is 0 Å². The number of nitrogens with one attached hydrogen (secondary N) is 1. The summed E-state index contributed by atoms with van der Waals surface area (Å²) < 4.78 is 24.7. The minimum Gasteiger partial charge on any atom is -0.457 e. The number of amides is 1. The average Bonchev–Trinajstić information content (AvgIpc) is 3.42. The number of esters is 1. The van der Waals surface area contributed by atoms with Crippen LogP contribution in [0.5, 0.6) is 0 Å². The summed E-state index contributed by atoms with van der Waals surface area (Å²) in [5, 5.41) is 15.0. The van der Waals surface area contributed by atoms with Crippen molar-refractivity contribution in [2.45, 2.75) is 143 Å². The van der Waals surface area contributed by atoms with Crippen LogP contribution >= 0.6 is 0 Å². The van der Waals surface area contributed by atoms with Crippen LogP contribution in [0, 0.1) is 35.0 Å². The van der Waals surface area contributed by atoms with E-state index < -0.39 is 77.4 Å². The molecule has 11 nitrogen and oxygen atoms in total. The number of aromatic nitrogens is 1. The lowest BCUT2D eigenvalue weighted by Gasteiger charge is -2.45. The summed E-state index contributed by atoms with van der Waals surface area (Å²) in [5.41, 5.74) is -0.134. The van der Waals surface area contributed by atoms with Crippen LogP contribution in [0.15, 0.2) is 36.5 Å². The molecule has 12 atom stereocenters. The number of alkyl carbamates (subject to hydrolysis) is 1. The van der Waals surface area contributed by atoms with Gasteiger partial charge in [0.1, 0.15) is 23.9 Å². The highest BCUT2D eigenvalue weighted by Gasteiger charge is 2.57. The Morgan fingerprint density at radius 2 is 1.67 bits per heavy atom. The van der Waals surface area contributed by atoms with E-state index in [1.54, 1.807) is 20.8 Å². The average molecular weight is 723 g/mol. The summed E-state index contributed by atoms with van der Waals surface area (Å²) in [4.78, 5) is 59.8. The van der Waals surface area contributed by atoms with Crippen LogP contribution in [0.1, 0.15) is 100.0 Å². The van der Waals surface area contributed by atoms with E-state index in [4.69, 9.17) is 18.9 Å². The summed E-state index contributed by atoms with van der Waals surface area (Å²) in [5.74, 6) is -4.45.